The van der Waals surface area contributed by atoms with Crippen molar-refractivity contribution in [3.05, 3.63) is 47.3 Å². The zero-order valence-electron chi connectivity index (χ0n) is 14.3. The highest BCUT2D eigenvalue weighted by atomic mass is 16.5. The van der Waals surface area contributed by atoms with Crippen molar-refractivity contribution in [1.29, 1.82) is 0 Å². The molecule has 0 atom stereocenters. The number of hydrogen-bond donors (Lipinski definition) is 1. The first-order chi connectivity index (χ1) is 11.5. The maximum atomic E-state index is 12.0. The molecule has 24 heavy (non-hydrogen) atoms. The fourth-order valence-electron chi connectivity index (χ4n) is 2.30. The van der Waals surface area contributed by atoms with E-state index in [1.807, 2.05) is 31.5 Å². The van der Waals surface area contributed by atoms with Crippen LogP contribution >= 0.6 is 0 Å². The van der Waals surface area contributed by atoms with Crippen LogP contribution in [0.2, 0.25) is 0 Å². The average molecular weight is 329 g/mol. The van der Waals surface area contributed by atoms with Crippen LogP contribution in [0.1, 0.15) is 41.5 Å². The van der Waals surface area contributed by atoms with Gasteiger partial charge in [-0.15, -0.1) is 0 Å². The zero-order chi connectivity index (χ0) is 17.5. The van der Waals surface area contributed by atoms with E-state index in [1.165, 1.54) is 0 Å². The first-order valence-electron chi connectivity index (χ1n) is 8.08. The number of carbonyl (C=O) groups is 2. The molecule has 2 rings (SSSR count). The number of ether oxygens (including phenoxy) is 1. The summed E-state index contributed by atoms with van der Waals surface area (Å²) in [7, 11) is 0. The summed E-state index contributed by atoms with van der Waals surface area (Å²) in [5, 5.41) is 7.10. The number of amides is 1. The summed E-state index contributed by atoms with van der Waals surface area (Å²) in [4.78, 5) is 23.5. The van der Waals surface area contributed by atoms with Crippen LogP contribution in [0.25, 0.3) is 5.69 Å². The Morgan fingerprint density at radius 1 is 1.21 bits per heavy atom. The second-order valence-corrected chi connectivity index (χ2v) is 5.67. The molecule has 2 aromatic rings. The molecule has 0 saturated heterocycles. The number of rotatable bonds is 7. The fraction of sp³-hybridized carbons (Fsp3) is 0.389. The second-order valence-electron chi connectivity index (χ2n) is 5.67. The molecule has 1 heterocycles. The fourth-order valence-corrected chi connectivity index (χ4v) is 2.30. The number of benzene rings is 1. The number of nitrogens with one attached hydrogen (secondary N) is 1. The van der Waals surface area contributed by atoms with Crippen molar-refractivity contribution in [2.45, 2.75) is 33.6 Å². The third-order valence-corrected chi connectivity index (χ3v) is 3.54. The molecule has 0 saturated carbocycles. The Kier molecular flexibility index (Phi) is 6.12. The summed E-state index contributed by atoms with van der Waals surface area (Å²) < 4.78 is 6.83. The van der Waals surface area contributed by atoms with Crippen molar-refractivity contribution in [2.24, 2.45) is 0 Å². The maximum Gasteiger partial charge on any atom is 0.338 e. The molecular formula is C18H23N3O3. The molecule has 1 amide bonds. The second kappa shape index (κ2) is 8.29. The molecule has 6 nitrogen and oxygen atoms in total. The van der Waals surface area contributed by atoms with Crippen LogP contribution in [0.3, 0.4) is 0 Å². The van der Waals surface area contributed by atoms with Crippen molar-refractivity contribution in [2.75, 3.05) is 13.2 Å². The molecule has 6 heteroatoms. The van der Waals surface area contributed by atoms with Gasteiger partial charge >= 0.3 is 5.97 Å². The van der Waals surface area contributed by atoms with Crippen molar-refractivity contribution in [3.63, 3.8) is 0 Å². The highest BCUT2D eigenvalue weighted by Crippen LogP contribution is 2.13. The van der Waals surface area contributed by atoms with Crippen LogP contribution < -0.4 is 5.32 Å². The van der Waals surface area contributed by atoms with Gasteiger partial charge in [0.2, 0.25) is 0 Å². The molecule has 1 aromatic heterocycles. The lowest BCUT2D eigenvalue weighted by Crippen LogP contribution is -2.29. The summed E-state index contributed by atoms with van der Waals surface area (Å²) in [5.41, 5.74) is 3.23. The van der Waals surface area contributed by atoms with E-state index < -0.39 is 5.97 Å². The summed E-state index contributed by atoms with van der Waals surface area (Å²) in [6.45, 7) is 6.29. The van der Waals surface area contributed by atoms with Crippen molar-refractivity contribution in [3.8, 4) is 5.69 Å². The summed E-state index contributed by atoms with van der Waals surface area (Å²) in [6.07, 6.45) is 1.91. The third-order valence-electron chi connectivity index (χ3n) is 3.54. The Balaban J connectivity index is 1.92. The molecule has 0 fully saturated rings. The predicted molar refractivity (Wildman–Crippen MR) is 91.2 cm³/mol. The lowest BCUT2D eigenvalue weighted by Gasteiger charge is -2.07. The smallest absolute Gasteiger partial charge is 0.338 e. The number of nitrogens with zero attached hydrogens (tertiary/aromatic N) is 2. The molecule has 128 valence electrons. The van der Waals surface area contributed by atoms with Gasteiger partial charge in [0.05, 0.1) is 16.9 Å². The van der Waals surface area contributed by atoms with Gasteiger partial charge in [-0.05, 0) is 50.6 Å². The Labute approximate surface area is 141 Å². The molecule has 0 unspecified atom stereocenters. The number of carbonyl (C=O) groups excluding carboxylic acids is 2. The average Bonchev–Trinajstić information content (AvgIpc) is 2.91. The van der Waals surface area contributed by atoms with Gasteiger partial charge in [0.25, 0.3) is 5.91 Å². The van der Waals surface area contributed by atoms with Crippen molar-refractivity contribution in [1.82, 2.24) is 15.1 Å². The van der Waals surface area contributed by atoms with Crippen LogP contribution in [0, 0.1) is 13.8 Å². The van der Waals surface area contributed by atoms with Crippen molar-refractivity contribution >= 4 is 11.9 Å². The molecule has 1 N–H and O–H groups in total. The number of aromatic nitrogens is 2. The van der Waals surface area contributed by atoms with Crippen LogP contribution in [0.4, 0.5) is 0 Å². The van der Waals surface area contributed by atoms with Crippen LogP contribution in [0.5, 0.6) is 0 Å². The molecule has 0 aliphatic carbocycles. The minimum absolute atomic E-state index is 0.262. The monoisotopic (exact) mass is 329 g/mol. The number of aryl methyl sites for hydroxylation is 2. The highest BCUT2D eigenvalue weighted by Gasteiger charge is 2.11. The zero-order valence-corrected chi connectivity index (χ0v) is 14.3. The van der Waals surface area contributed by atoms with Gasteiger partial charge in [0.1, 0.15) is 0 Å². The molecule has 0 aliphatic heterocycles. The lowest BCUT2D eigenvalue weighted by atomic mass is 10.2. The molecule has 0 spiro atoms. The maximum absolute atomic E-state index is 12.0. The predicted octanol–water partition coefficient (Wildman–Crippen LogP) is 2.56. The SMILES string of the molecule is CCCCNC(=O)COC(=O)c1ccc(-n2nc(C)cc2C)cc1. The van der Waals surface area contributed by atoms with Crippen LogP contribution in [-0.2, 0) is 9.53 Å². The van der Waals surface area contributed by atoms with E-state index in [2.05, 4.69) is 10.4 Å². The summed E-state index contributed by atoms with van der Waals surface area (Å²) in [6, 6.07) is 8.93. The molecule has 0 aliphatic rings. The van der Waals surface area contributed by atoms with Gasteiger partial charge in [-0.3, -0.25) is 4.79 Å². The van der Waals surface area contributed by atoms with Crippen molar-refractivity contribution < 1.29 is 14.3 Å². The van der Waals surface area contributed by atoms with Gasteiger partial charge in [0, 0.05) is 12.2 Å². The highest BCUT2D eigenvalue weighted by molar-refractivity contribution is 5.91. The molecule has 1 aromatic carbocycles. The Bertz CT molecular complexity index is 705. The first kappa shape index (κ1) is 17.7. The molecule has 0 radical (unpaired) electrons. The van der Waals surface area contributed by atoms with E-state index in [1.54, 1.807) is 24.3 Å². The Hall–Kier alpha value is -2.63. The van der Waals surface area contributed by atoms with E-state index in [9.17, 15) is 9.59 Å². The van der Waals surface area contributed by atoms with Crippen LogP contribution in [-0.4, -0.2) is 34.8 Å². The molecule has 0 bridgehead atoms. The van der Waals surface area contributed by atoms with Gasteiger partial charge < -0.3 is 10.1 Å². The lowest BCUT2D eigenvalue weighted by molar-refractivity contribution is -0.124. The Morgan fingerprint density at radius 3 is 2.50 bits per heavy atom. The number of hydrogen-bond acceptors (Lipinski definition) is 4. The van der Waals surface area contributed by atoms with Gasteiger partial charge in [-0.25, -0.2) is 9.48 Å². The van der Waals surface area contributed by atoms with E-state index in [0.717, 1.165) is 29.9 Å². The quantitative estimate of drug-likeness (QED) is 0.626. The minimum Gasteiger partial charge on any atom is -0.452 e. The van der Waals surface area contributed by atoms with Gasteiger partial charge in [-0.2, -0.15) is 5.10 Å². The number of esters is 1. The largest absolute Gasteiger partial charge is 0.452 e. The van der Waals surface area contributed by atoms with E-state index in [0.29, 0.717) is 12.1 Å². The molecular weight excluding hydrogens is 306 g/mol. The van der Waals surface area contributed by atoms with E-state index in [-0.39, 0.29) is 12.5 Å². The minimum atomic E-state index is -0.513. The summed E-state index contributed by atoms with van der Waals surface area (Å²) in [5.74, 6) is -0.795. The van der Waals surface area contributed by atoms with Gasteiger partial charge in [-0.1, -0.05) is 13.3 Å². The first-order valence-corrected chi connectivity index (χ1v) is 8.08. The normalized spacial score (nSPS) is 10.5. The van der Waals surface area contributed by atoms with Crippen LogP contribution in [0.15, 0.2) is 30.3 Å². The number of unbranched alkanes of at least 4 members (excludes halogenated alkanes) is 1. The topological polar surface area (TPSA) is 73.2 Å². The standard InChI is InChI=1S/C18H23N3O3/c1-4-5-10-19-17(22)12-24-18(23)15-6-8-16(9-7-15)21-14(3)11-13(2)20-21/h6-9,11H,4-5,10,12H2,1-3H3,(H,19,22). The van der Waals surface area contributed by atoms with E-state index in [4.69, 9.17) is 4.74 Å². The Morgan fingerprint density at radius 2 is 1.92 bits per heavy atom. The third kappa shape index (κ3) is 4.68. The van der Waals surface area contributed by atoms with Gasteiger partial charge in [0.15, 0.2) is 6.61 Å². The summed E-state index contributed by atoms with van der Waals surface area (Å²) >= 11 is 0. The van der Waals surface area contributed by atoms with E-state index >= 15 is 0 Å².